The quantitative estimate of drug-likeness (QED) is 0.587. The van der Waals surface area contributed by atoms with E-state index in [9.17, 15) is 22.4 Å². The fourth-order valence-corrected chi connectivity index (χ4v) is 3.21. The van der Waals surface area contributed by atoms with E-state index in [2.05, 4.69) is 0 Å². The lowest BCUT2D eigenvalue weighted by Crippen LogP contribution is -2.07. The number of carbonyl (C=O) groups is 1. The molecule has 146 valence electrons. The van der Waals surface area contributed by atoms with E-state index >= 15 is 0 Å². The van der Waals surface area contributed by atoms with Gasteiger partial charge >= 0.3 is 6.18 Å². The predicted molar refractivity (Wildman–Crippen MR) is 95.7 cm³/mol. The van der Waals surface area contributed by atoms with Crippen molar-refractivity contribution in [1.29, 1.82) is 0 Å². The topological polar surface area (TPSA) is 37.3 Å². The number of aliphatic hydroxyl groups excluding tert-OH is 1. The van der Waals surface area contributed by atoms with E-state index in [1.54, 1.807) is 0 Å². The van der Waals surface area contributed by atoms with Crippen LogP contribution in [-0.4, -0.2) is 17.5 Å². The van der Waals surface area contributed by atoms with Gasteiger partial charge in [0.05, 0.1) is 5.56 Å². The van der Waals surface area contributed by atoms with Gasteiger partial charge in [-0.3, -0.25) is 4.79 Å². The van der Waals surface area contributed by atoms with Gasteiger partial charge in [0.1, 0.15) is 11.6 Å². The summed E-state index contributed by atoms with van der Waals surface area (Å²) in [7, 11) is 0. The minimum absolute atomic E-state index is 0.0912. The van der Waals surface area contributed by atoms with E-state index in [4.69, 9.17) is 28.3 Å². The summed E-state index contributed by atoms with van der Waals surface area (Å²) in [4.78, 5) is 11.8. The number of rotatable bonds is 7. The monoisotopic (exact) mass is 422 g/mol. The molecule has 2 rings (SSSR count). The zero-order valence-electron chi connectivity index (χ0n) is 14.0. The van der Waals surface area contributed by atoms with E-state index in [0.717, 1.165) is 12.1 Å². The summed E-state index contributed by atoms with van der Waals surface area (Å²) in [6, 6.07) is 5.71. The number of ketones is 1. The third-order valence-electron chi connectivity index (χ3n) is 3.96. The molecule has 0 atom stereocenters. The largest absolute Gasteiger partial charge is 0.416 e. The fourth-order valence-electron chi connectivity index (χ4n) is 2.59. The molecule has 0 heterocycles. The van der Waals surface area contributed by atoms with E-state index < -0.39 is 17.6 Å². The second-order valence-electron chi connectivity index (χ2n) is 6.06. The van der Waals surface area contributed by atoms with E-state index in [0.29, 0.717) is 12.0 Å². The molecule has 27 heavy (non-hydrogen) atoms. The van der Waals surface area contributed by atoms with Crippen molar-refractivity contribution in [2.24, 2.45) is 0 Å². The SMILES string of the molecule is O=C(CCCO)Cc1cc(Cc2c(Cl)cc(C(F)(F)F)cc2Cl)ccc1F. The average molecular weight is 423 g/mol. The lowest BCUT2D eigenvalue weighted by Gasteiger charge is -2.13. The van der Waals surface area contributed by atoms with Crippen molar-refractivity contribution in [1.82, 2.24) is 0 Å². The summed E-state index contributed by atoms with van der Waals surface area (Å²) in [5, 5.41) is 8.47. The Balaban J connectivity index is 2.25. The number of benzene rings is 2. The Morgan fingerprint density at radius 2 is 1.70 bits per heavy atom. The molecule has 0 aliphatic carbocycles. The lowest BCUT2D eigenvalue weighted by atomic mass is 9.98. The van der Waals surface area contributed by atoms with Gasteiger partial charge in [-0.05, 0) is 41.3 Å². The molecule has 0 amide bonds. The van der Waals surface area contributed by atoms with Crippen LogP contribution < -0.4 is 0 Å². The van der Waals surface area contributed by atoms with Gasteiger partial charge in [-0.15, -0.1) is 0 Å². The number of hydrogen-bond acceptors (Lipinski definition) is 2. The first kappa shape index (κ1) is 21.7. The molecule has 0 aromatic heterocycles. The highest BCUT2D eigenvalue weighted by Crippen LogP contribution is 2.36. The third-order valence-corrected chi connectivity index (χ3v) is 4.64. The molecule has 0 spiro atoms. The number of alkyl halides is 3. The second kappa shape index (κ2) is 9.04. The van der Waals surface area contributed by atoms with Gasteiger partial charge in [-0.2, -0.15) is 13.2 Å². The van der Waals surface area contributed by atoms with Gasteiger partial charge in [0.2, 0.25) is 0 Å². The number of carbonyl (C=O) groups excluding carboxylic acids is 1. The first-order valence-corrected chi connectivity index (χ1v) is 8.82. The Morgan fingerprint density at radius 3 is 2.26 bits per heavy atom. The molecule has 0 saturated carbocycles. The van der Waals surface area contributed by atoms with Crippen LogP contribution in [0, 0.1) is 5.82 Å². The third kappa shape index (κ3) is 5.92. The molecule has 0 saturated heterocycles. The van der Waals surface area contributed by atoms with E-state index in [1.807, 2.05) is 0 Å². The van der Waals surface area contributed by atoms with Crippen LogP contribution >= 0.6 is 23.2 Å². The smallest absolute Gasteiger partial charge is 0.396 e. The van der Waals surface area contributed by atoms with Crippen LogP contribution in [0.5, 0.6) is 0 Å². The van der Waals surface area contributed by atoms with Gasteiger partial charge < -0.3 is 5.11 Å². The minimum Gasteiger partial charge on any atom is -0.396 e. The first-order valence-electron chi connectivity index (χ1n) is 8.06. The average Bonchev–Trinajstić information content (AvgIpc) is 2.58. The summed E-state index contributed by atoms with van der Waals surface area (Å²) >= 11 is 11.9. The number of aliphatic hydroxyl groups is 1. The summed E-state index contributed by atoms with van der Waals surface area (Å²) in [6.07, 6.45) is -4.17. The molecule has 0 bridgehead atoms. The molecular weight excluding hydrogens is 407 g/mol. The maximum atomic E-state index is 14.0. The first-order chi connectivity index (χ1) is 12.6. The molecule has 0 unspecified atom stereocenters. The van der Waals surface area contributed by atoms with Crippen molar-refractivity contribution in [3.8, 4) is 0 Å². The fraction of sp³-hybridized carbons (Fsp3) is 0.316. The van der Waals surface area contributed by atoms with Crippen molar-refractivity contribution in [3.05, 3.63) is 68.4 Å². The van der Waals surface area contributed by atoms with Crippen molar-refractivity contribution in [3.63, 3.8) is 0 Å². The molecule has 2 nitrogen and oxygen atoms in total. The van der Waals surface area contributed by atoms with Gasteiger partial charge in [0.15, 0.2) is 0 Å². The van der Waals surface area contributed by atoms with Gasteiger partial charge in [0, 0.05) is 35.9 Å². The standard InChI is InChI=1S/C19H16Cl2F4O2/c20-16-9-13(19(23,24)25)10-17(21)15(16)7-11-3-4-18(22)12(6-11)8-14(27)2-1-5-26/h3-4,6,9-10,26H,1-2,5,7-8H2. The van der Waals surface area contributed by atoms with Crippen LogP contribution in [0.4, 0.5) is 17.6 Å². The predicted octanol–water partition coefficient (Wildman–Crippen LogP) is 5.63. The Hall–Kier alpha value is -1.63. The van der Waals surface area contributed by atoms with Crippen molar-refractivity contribution >= 4 is 29.0 Å². The molecular formula is C19H16Cl2F4O2. The maximum Gasteiger partial charge on any atom is 0.416 e. The van der Waals surface area contributed by atoms with Crippen LogP contribution in [-0.2, 0) is 23.8 Å². The number of Topliss-reactive ketones (excluding diaryl/α,β-unsaturated/α-hetero) is 1. The minimum atomic E-state index is -4.57. The van der Waals surface area contributed by atoms with Gasteiger partial charge in [-0.25, -0.2) is 4.39 Å². The van der Waals surface area contributed by atoms with E-state index in [1.165, 1.54) is 18.2 Å². The Bertz CT molecular complexity index is 812. The molecule has 0 radical (unpaired) electrons. The molecule has 2 aromatic carbocycles. The zero-order valence-corrected chi connectivity index (χ0v) is 15.6. The number of hydrogen-bond donors (Lipinski definition) is 1. The molecule has 0 aliphatic rings. The molecule has 1 N–H and O–H groups in total. The highest BCUT2D eigenvalue weighted by atomic mass is 35.5. The summed E-state index contributed by atoms with van der Waals surface area (Å²) in [5.41, 5.74) is 0.0746. The molecule has 0 aliphatic heterocycles. The van der Waals surface area contributed by atoms with Crippen molar-refractivity contribution in [2.75, 3.05) is 6.61 Å². The Kier molecular flexibility index (Phi) is 7.25. The lowest BCUT2D eigenvalue weighted by molar-refractivity contribution is -0.137. The van der Waals surface area contributed by atoms with Crippen molar-refractivity contribution in [2.45, 2.75) is 31.9 Å². The summed E-state index contributed by atoms with van der Waals surface area (Å²) in [5.74, 6) is -0.772. The Labute approximate surface area is 163 Å². The Morgan fingerprint density at radius 1 is 1.07 bits per heavy atom. The summed E-state index contributed by atoms with van der Waals surface area (Å²) < 4.78 is 52.4. The van der Waals surface area contributed by atoms with Crippen LogP contribution in [0.2, 0.25) is 10.0 Å². The van der Waals surface area contributed by atoms with Crippen LogP contribution in [0.1, 0.15) is 35.1 Å². The van der Waals surface area contributed by atoms with E-state index in [-0.39, 0.29) is 52.8 Å². The zero-order chi connectivity index (χ0) is 20.2. The second-order valence-corrected chi connectivity index (χ2v) is 6.88. The van der Waals surface area contributed by atoms with Gasteiger partial charge in [0.25, 0.3) is 0 Å². The van der Waals surface area contributed by atoms with Crippen LogP contribution in [0.25, 0.3) is 0 Å². The van der Waals surface area contributed by atoms with Crippen LogP contribution in [0.15, 0.2) is 30.3 Å². The summed E-state index contributed by atoms with van der Waals surface area (Å²) in [6.45, 7) is -0.126. The highest BCUT2D eigenvalue weighted by molar-refractivity contribution is 6.36. The van der Waals surface area contributed by atoms with Crippen LogP contribution in [0.3, 0.4) is 0 Å². The van der Waals surface area contributed by atoms with Gasteiger partial charge in [-0.1, -0.05) is 35.3 Å². The highest BCUT2D eigenvalue weighted by Gasteiger charge is 2.32. The molecule has 0 fully saturated rings. The normalized spacial score (nSPS) is 11.7. The molecule has 8 heteroatoms. The number of halogens is 6. The maximum absolute atomic E-state index is 14.0. The molecule has 2 aromatic rings. The van der Waals surface area contributed by atoms with Crippen molar-refractivity contribution < 1.29 is 27.5 Å².